The second kappa shape index (κ2) is 7.76. The Labute approximate surface area is 159 Å². The first kappa shape index (κ1) is 17.5. The summed E-state index contributed by atoms with van der Waals surface area (Å²) >= 11 is 0. The average Bonchev–Trinajstić information content (AvgIpc) is 3.16. The molecule has 3 aromatic rings. The molecule has 0 aliphatic carbocycles. The van der Waals surface area contributed by atoms with E-state index in [1.165, 1.54) is 5.56 Å². The van der Waals surface area contributed by atoms with Crippen LogP contribution in [0.5, 0.6) is 0 Å². The highest BCUT2D eigenvalue weighted by molar-refractivity contribution is 6.05. The Morgan fingerprint density at radius 1 is 1.07 bits per heavy atom. The van der Waals surface area contributed by atoms with Crippen molar-refractivity contribution in [1.29, 1.82) is 0 Å². The monoisotopic (exact) mass is 360 g/mol. The summed E-state index contributed by atoms with van der Waals surface area (Å²) in [7, 11) is 0. The van der Waals surface area contributed by atoms with Crippen molar-refractivity contribution in [3.8, 4) is 5.69 Å². The Balaban J connectivity index is 1.70. The lowest BCUT2D eigenvalue weighted by atomic mass is 9.91. The first-order valence-electron chi connectivity index (χ1n) is 9.44. The number of amides is 1. The highest BCUT2D eigenvalue weighted by Gasteiger charge is 2.27. The molecule has 1 saturated heterocycles. The Kier molecular flexibility index (Phi) is 5.03. The van der Waals surface area contributed by atoms with Crippen molar-refractivity contribution in [2.45, 2.75) is 25.7 Å². The lowest BCUT2D eigenvalue weighted by Crippen LogP contribution is -2.29. The zero-order valence-electron chi connectivity index (χ0n) is 15.5. The smallest absolute Gasteiger partial charge is 0.259 e. The van der Waals surface area contributed by atoms with Gasteiger partial charge in [0.15, 0.2) is 0 Å². The molecule has 1 aromatic heterocycles. The highest BCUT2D eigenvalue weighted by Crippen LogP contribution is 2.30. The van der Waals surface area contributed by atoms with E-state index in [-0.39, 0.29) is 5.91 Å². The molecular weight excluding hydrogens is 336 g/mol. The Morgan fingerprint density at radius 2 is 1.78 bits per heavy atom. The Morgan fingerprint density at radius 3 is 2.48 bits per heavy atom. The lowest BCUT2D eigenvalue weighted by molar-refractivity contribution is 0.102. The van der Waals surface area contributed by atoms with Crippen molar-refractivity contribution in [1.82, 2.24) is 15.1 Å². The minimum Gasteiger partial charge on any atom is -0.322 e. The van der Waals surface area contributed by atoms with Gasteiger partial charge < -0.3 is 10.6 Å². The third kappa shape index (κ3) is 3.78. The molecule has 1 fully saturated rings. The quantitative estimate of drug-likeness (QED) is 0.742. The van der Waals surface area contributed by atoms with Crippen LogP contribution in [-0.2, 0) is 0 Å². The van der Waals surface area contributed by atoms with Crippen molar-refractivity contribution in [3.05, 3.63) is 77.6 Å². The van der Waals surface area contributed by atoms with Crippen molar-refractivity contribution >= 4 is 11.6 Å². The molecule has 4 rings (SSSR count). The number of carbonyl (C=O) groups excluding carboxylic acids is 1. The molecule has 2 aromatic carbocycles. The van der Waals surface area contributed by atoms with Crippen LogP contribution in [0, 0.1) is 6.92 Å². The van der Waals surface area contributed by atoms with Gasteiger partial charge in [0.1, 0.15) is 0 Å². The van der Waals surface area contributed by atoms with E-state index in [4.69, 9.17) is 0 Å². The van der Waals surface area contributed by atoms with Gasteiger partial charge in [-0.25, -0.2) is 4.68 Å². The number of nitrogens with zero attached hydrogens (tertiary/aromatic N) is 2. The number of anilines is 1. The van der Waals surface area contributed by atoms with E-state index in [1.807, 2.05) is 66.2 Å². The zero-order chi connectivity index (χ0) is 18.6. The minimum absolute atomic E-state index is 0.102. The third-order valence-corrected chi connectivity index (χ3v) is 5.09. The predicted molar refractivity (Wildman–Crippen MR) is 108 cm³/mol. The number of carbonyl (C=O) groups is 1. The fourth-order valence-corrected chi connectivity index (χ4v) is 3.63. The largest absolute Gasteiger partial charge is 0.322 e. The molecule has 27 heavy (non-hydrogen) atoms. The van der Waals surface area contributed by atoms with Crippen molar-refractivity contribution < 1.29 is 4.79 Å². The van der Waals surface area contributed by atoms with Gasteiger partial charge in [-0.1, -0.05) is 35.9 Å². The molecule has 0 spiro atoms. The van der Waals surface area contributed by atoms with Gasteiger partial charge in [-0.2, -0.15) is 5.10 Å². The zero-order valence-corrected chi connectivity index (χ0v) is 15.5. The summed E-state index contributed by atoms with van der Waals surface area (Å²) in [6.07, 6.45) is 3.71. The fraction of sp³-hybridized carbons (Fsp3) is 0.273. The second-order valence-electron chi connectivity index (χ2n) is 7.04. The summed E-state index contributed by atoms with van der Waals surface area (Å²) in [5.41, 5.74) is 4.62. The SMILES string of the molecule is Cc1ccc(NC(=O)c2cnn(-c3ccccc3)c2C2CCNCC2)cc1. The summed E-state index contributed by atoms with van der Waals surface area (Å²) in [4.78, 5) is 13.0. The lowest BCUT2D eigenvalue weighted by Gasteiger charge is -2.24. The number of nitrogens with one attached hydrogen (secondary N) is 2. The van der Waals surface area contributed by atoms with E-state index in [2.05, 4.69) is 15.7 Å². The molecule has 1 amide bonds. The van der Waals surface area contributed by atoms with Gasteiger partial charge in [0, 0.05) is 11.6 Å². The molecule has 0 unspecified atom stereocenters. The van der Waals surface area contributed by atoms with Crippen LogP contribution in [0.4, 0.5) is 5.69 Å². The summed E-state index contributed by atoms with van der Waals surface area (Å²) in [5.74, 6) is 0.210. The molecule has 5 heteroatoms. The number of rotatable bonds is 4. The van der Waals surface area contributed by atoms with E-state index in [9.17, 15) is 4.79 Å². The van der Waals surface area contributed by atoms with E-state index >= 15 is 0 Å². The average molecular weight is 360 g/mol. The van der Waals surface area contributed by atoms with Crippen LogP contribution in [0.25, 0.3) is 5.69 Å². The molecule has 0 bridgehead atoms. The van der Waals surface area contributed by atoms with Crippen LogP contribution in [0.15, 0.2) is 60.8 Å². The van der Waals surface area contributed by atoms with Crippen molar-refractivity contribution in [2.24, 2.45) is 0 Å². The van der Waals surface area contributed by atoms with Gasteiger partial charge in [-0.15, -0.1) is 0 Å². The Bertz CT molecular complexity index is 909. The molecule has 2 heterocycles. The summed E-state index contributed by atoms with van der Waals surface area (Å²) in [5, 5.41) is 11.0. The van der Waals surface area contributed by atoms with Crippen LogP contribution >= 0.6 is 0 Å². The van der Waals surface area contributed by atoms with Crippen LogP contribution in [0.3, 0.4) is 0 Å². The van der Waals surface area contributed by atoms with Gasteiger partial charge in [-0.05, 0) is 57.1 Å². The highest BCUT2D eigenvalue weighted by atomic mass is 16.1. The molecule has 0 atom stereocenters. The maximum Gasteiger partial charge on any atom is 0.259 e. The fourth-order valence-electron chi connectivity index (χ4n) is 3.63. The molecular formula is C22H24N4O. The molecule has 2 N–H and O–H groups in total. The first-order chi connectivity index (χ1) is 13.2. The van der Waals surface area contributed by atoms with Crippen LogP contribution in [0.1, 0.15) is 40.4 Å². The number of piperidine rings is 1. The van der Waals surface area contributed by atoms with Gasteiger partial charge in [0.05, 0.1) is 23.1 Å². The third-order valence-electron chi connectivity index (χ3n) is 5.09. The van der Waals surface area contributed by atoms with Crippen molar-refractivity contribution in [2.75, 3.05) is 18.4 Å². The molecule has 1 aliphatic heterocycles. The topological polar surface area (TPSA) is 59.0 Å². The van der Waals surface area contributed by atoms with E-state index in [1.54, 1.807) is 6.20 Å². The van der Waals surface area contributed by atoms with E-state index in [0.29, 0.717) is 11.5 Å². The number of para-hydroxylation sites is 1. The normalized spacial score (nSPS) is 14.9. The second-order valence-corrected chi connectivity index (χ2v) is 7.04. The van der Waals surface area contributed by atoms with Gasteiger partial charge in [0.25, 0.3) is 5.91 Å². The van der Waals surface area contributed by atoms with Crippen LogP contribution < -0.4 is 10.6 Å². The molecule has 138 valence electrons. The summed E-state index contributed by atoms with van der Waals surface area (Å²) < 4.78 is 1.93. The summed E-state index contributed by atoms with van der Waals surface area (Å²) in [6.45, 7) is 3.96. The maximum absolute atomic E-state index is 13.0. The summed E-state index contributed by atoms with van der Waals surface area (Å²) in [6, 6.07) is 17.9. The van der Waals surface area contributed by atoms with Crippen LogP contribution in [0.2, 0.25) is 0 Å². The number of aryl methyl sites for hydroxylation is 1. The minimum atomic E-state index is -0.102. The molecule has 1 aliphatic rings. The number of hydrogen-bond donors (Lipinski definition) is 2. The van der Waals surface area contributed by atoms with Crippen LogP contribution in [-0.4, -0.2) is 28.8 Å². The van der Waals surface area contributed by atoms with Gasteiger partial charge in [0.2, 0.25) is 0 Å². The maximum atomic E-state index is 13.0. The molecule has 5 nitrogen and oxygen atoms in total. The number of benzene rings is 2. The number of hydrogen-bond acceptors (Lipinski definition) is 3. The van der Waals surface area contributed by atoms with Gasteiger partial charge in [-0.3, -0.25) is 4.79 Å². The standard InChI is InChI=1S/C22H24N4O/c1-16-7-9-18(10-8-16)25-22(27)20-15-24-26(19-5-3-2-4-6-19)21(20)17-11-13-23-14-12-17/h2-10,15,17,23H,11-14H2,1H3,(H,25,27). The Hall–Kier alpha value is -2.92. The molecule has 0 radical (unpaired) electrons. The number of aromatic nitrogens is 2. The van der Waals surface area contributed by atoms with E-state index in [0.717, 1.165) is 43.0 Å². The molecule has 0 saturated carbocycles. The van der Waals surface area contributed by atoms with E-state index < -0.39 is 0 Å². The van der Waals surface area contributed by atoms with Gasteiger partial charge >= 0.3 is 0 Å². The van der Waals surface area contributed by atoms with Crippen molar-refractivity contribution in [3.63, 3.8) is 0 Å². The predicted octanol–water partition coefficient (Wildman–Crippen LogP) is 3.90. The first-order valence-corrected chi connectivity index (χ1v) is 9.44.